The Labute approximate surface area is 142 Å². The lowest BCUT2D eigenvalue weighted by atomic mass is 10.1. The zero-order valence-corrected chi connectivity index (χ0v) is 14.4. The van der Waals surface area contributed by atoms with Crippen LogP contribution in [0, 0.1) is 13.8 Å². The molecule has 0 spiro atoms. The molecule has 0 aromatic heterocycles. The number of carbonyl (C=O) groups is 1. The molecule has 5 nitrogen and oxygen atoms in total. The minimum absolute atomic E-state index is 0.243. The average Bonchev–Trinajstić information content (AvgIpc) is 2.58. The van der Waals surface area contributed by atoms with Crippen LogP contribution in [0.15, 0.2) is 41.5 Å². The number of ether oxygens (including phenoxy) is 2. The molecular formula is C19H22N2O3. The van der Waals surface area contributed by atoms with Gasteiger partial charge in [0.25, 0.3) is 5.91 Å². The third-order valence-corrected chi connectivity index (χ3v) is 3.64. The number of nitrogens with zero attached hydrogens (tertiary/aromatic N) is 1. The molecule has 0 aliphatic carbocycles. The fourth-order valence-corrected chi connectivity index (χ4v) is 2.15. The van der Waals surface area contributed by atoms with Crippen molar-refractivity contribution in [3.63, 3.8) is 0 Å². The molecule has 24 heavy (non-hydrogen) atoms. The quantitative estimate of drug-likeness (QED) is 0.653. The summed E-state index contributed by atoms with van der Waals surface area (Å²) in [6.07, 6.45) is 1.57. The van der Waals surface area contributed by atoms with Crippen LogP contribution in [0.25, 0.3) is 0 Å². The SMILES string of the molecule is CCOc1ccc(/C=N\NC(=O)c2ccc(C)c(C)c2)cc1OC. The molecule has 0 aliphatic heterocycles. The first-order valence-electron chi connectivity index (χ1n) is 7.76. The lowest BCUT2D eigenvalue weighted by molar-refractivity contribution is 0.0955. The van der Waals surface area contributed by atoms with Gasteiger partial charge in [-0.3, -0.25) is 4.79 Å². The van der Waals surface area contributed by atoms with Crippen molar-refractivity contribution in [1.82, 2.24) is 5.43 Å². The smallest absolute Gasteiger partial charge is 0.271 e. The van der Waals surface area contributed by atoms with Crippen LogP contribution in [-0.4, -0.2) is 25.8 Å². The van der Waals surface area contributed by atoms with E-state index in [1.54, 1.807) is 25.5 Å². The normalized spacial score (nSPS) is 10.7. The minimum atomic E-state index is -0.243. The third kappa shape index (κ3) is 4.35. The van der Waals surface area contributed by atoms with Crippen LogP contribution < -0.4 is 14.9 Å². The second-order valence-corrected chi connectivity index (χ2v) is 5.34. The van der Waals surface area contributed by atoms with Gasteiger partial charge in [-0.2, -0.15) is 5.10 Å². The van der Waals surface area contributed by atoms with E-state index in [0.717, 1.165) is 16.7 Å². The Kier molecular flexibility index (Phi) is 5.95. The van der Waals surface area contributed by atoms with Crippen LogP contribution in [0.2, 0.25) is 0 Å². The molecule has 2 rings (SSSR count). The van der Waals surface area contributed by atoms with Crippen LogP contribution in [-0.2, 0) is 0 Å². The molecule has 2 aromatic rings. The van der Waals surface area contributed by atoms with Gasteiger partial charge in [-0.05, 0) is 67.8 Å². The van der Waals surface area contributed by atoms with Gasteiger partial charge in [-0.15, -0.1) is 0 Å². The first kappa shape index (κ1) is 17.5. The molecule has 1 amide bonds. The molecule has 5 heteroatoms. The maximum atomic E-state index is 12.1. The molecule has 126 valence electrons. The van der Waals surface area contributed by atoms with Crippen molar-refractivity contribution in [2.75, 3.05) is 13.7 Å². The summed E-state index contributed by atoms with van der Waals surface area (Å²) < 4.78 is 10.8. The van der Waals surface area contributed by atoms with Crippen molar-refractivity contribution in [2.45, 2.75) is 20.8 Å². The van der Waals surface area contributed by atoms with Crippen molar-refractivity contribution < 1.29 is 14.3 Å². The van der Waals surface area contributed by atoms with Crippen molar-refractivity contribution >= 4 is 12.1 Å². The van der Waals surface area contributed by atoms with E-state index in [4.69, 9.17) is 9.47 Å². The largest absolute Gasteiger partial charge is 0.493 e. The number of rotatable bonds is 6. The number of nitrogens with one attached hydrogen (secondary N) is 1. The Morgan fingerprint density at radius 1 is 1.12 bits per heavy atom. The van der Waals surface area contributed by atoms with E-state index >= 15 is 0 Å². The predicted octanol–water partition coefficient (Wildman–Crippen LogP) is 3.47. The molecule has 0 bridgehead atoms. The van der Waals surface area contributed by atoms with Crippen LogP contribution in [0.1, 0.15) is 34.0 Å². The lowest BCUT2D eigenvalue weighted by Gasteiger charge is -2.09. The molecule has 1 N–H and O–H groups in total. The Morgan fingerprint density at radius 2 is 1.92 bits per heavy atom. The van der Waals surface area contributed by atoms with Crippen LogP contribution >= 0.6 is 0 Å². The third-order valence-electron chi connectivity index (χ3n) is 3.64. The number of amides is 1. The fourth-order valence-electron chi connectivity index (χ4n) is 2.15. The molecule has 0 atom stereocenters. The van der Waals surface area contributed by atoms with Crippen LogP contribution in [0.3, 0.4) is 0 Å². The topological polar surface area (TPSA) is 59.9 Å². The van der Waals surface area contributed by atoms with Crippen LogP contribution in [0.4, 0.5) is 0 Å². The van der Waals surface area contributed by atoms with Crippen molar-refractivity contribution in [3.8, 4) is 11.5 Å². The molecular weight excluding hydrogens is 304 g/mol. The summed E-state index contributed by atoms with van der Waals surface area (Å²) in [5.74, 6) is 1.06. The van der Waals surface area contributed by atoms with Gasteiger partial charge in [0.15, 0.2) is 11.5 Å². The Morgan fingerprint density at radius 3 is 2.58 bits per heavy atom. The van der Waals surface area contributed by atoms with Crippen LogP contribution in [0.5, 0.6) is 11.5 Å². The van der Waals surface area contributed by atoms with Gasteiger partial charge in [-0.25, -0.2) is 5.43 Å². The highest BCUT2D eigenvalue weighted by Crippen LogP contribution is 2.27. The number of hydrogen-bond donors (Lipinski definition) is 1. The summed E-state index contributed by atoms with van der Waals surface area (Å²) in [5.41, 5.74) is 6.14. The van der Waals surface area contributed by atoms with E-state index in [0.29, 0.717) is 23.7 Å². The van der Waals surface area contributed by atoms with Gasteiger partial charge in [0, 0.05) is 5.56 Å². The van der Waals surface area contributed by atoms with E-state index in [9.17, 15) is 4.79 Å². The second kappa shape index (κ2) is 8.15. The zero-order chi connectivity index (χ0) is 17.5. The summed E-state index contributed by atoms with van der Waals surface area (Å²) in [7, 11) is 1.58. The summed E-state index contributed by atoms with van der Waals surface area (Å²) in [4.78, 5) is 12.1. The first-order valence-corrected chi connectivity index (χ1v) is 7.76. The predicted molar refractivity (Wildman–Crippen MR) is 95.1 cm³/mol. The number of methoxy groups -OCH3 is 1. The summed E-state index contributed by atoms with van der Waals surface area (Å²) in [6, 6.07) is 11.0. The van der Waals surface area contributed by atoms with E-state index in [1.165, 1.54) is 0 Å². The van der Waals surface area contributed by atoms with Gasteiger partial charge in [-0.1, -0.05) is 6.07 Å². The lowest BCUT2D eigenvalue weighted by Crippen LogP contribution is -2.17. The molecule has 0 saturated carbocycles. The molecule has 0 saturated heterocycles. The number of hydrazone groups is 1. The highest BCUT2D eigenvalue weighted by molar-refractivity contribution is 5.95. The van der Waals surface area contributed by atoms with E-state index in [-0.39, 0.29) is 5.91 Å². The number of aryl methyl sites for hydroxylation is 2. The number of benzene rings is 2. The molecule has 0 fully saturated rings. The summed E-state index contributed by atoms with van der Waals surface area (Å²) in [5, 5.41) is 4.00. The first-order chi connectivity index (χ1) is 11.5. The maximum Gasteiger partial charge on any atom is 0.271 e. The Hall–Kier alpha value is -2.82. The fraction of sp³-hybridized carbons (Fsp3) is 0.263. The van der Waals surface area contributed by atoms with Gasteiger partial charge in [0.1, 0.15) is 0 Å². The van der Waals surface area contributed by atoms with Gasteiger partial charge < -0.3 is 9.47 Å². The maximum absolute atomic E-state index is 12.1. The van der Waals surface area contributed by atoms with Gasteiger partial charge in [0.2, 0.25) is 0 Å². The molecule has 0 heterocycles. The molecule has 0 unspecified atom stereocenters. The molecule has 0 aliphatic rings. The van der Waals surface area contributed by atoms with E-state index in [2.05, 4.69) is 10.5 Å². The summed E-state index contributed by atoms with van der Waals surface area (Å²) in [6.45, 7) is 6.46. The number of carbonyl (C=O) groups excluding carboxylic acids is 1. The summed E-state index contributed by atoms with van der Waals surface area (Å²) >= 11 is 0. The van der Waals surface area contributed by atoms with Gasteiger partial charge in [0.05, 0.1) is 19.9 Å². The molecule has 2 aromatic carbocycles. The number of hydrogen-bond acceptors (Lipinski definition) is 4. The highest BCUT2D eigenvalue weighted by Gasteiger charge is 2.06. The Balaban J connectivity index is 2.05. The van der Waals surface area contributed by atoms with Crippen molar-refractivity contribution in [3.05, 3.63) is 58.7 Å². The average molecular weight is 326 g/mol. The highest BCUT2D eigenvalue weighted by atomic mass is 16.5. The minimum Gasteiger partial charge on any atom is -0.493 e. The zero-order valence-electron chi connectivity index (χ0n) is 14.4. The molecule has 0 radical (unpaired) electrons. The van der Waals surface area contributed by atoms with Crippen molar-refractivity contribution in [1.29, 1.82) is 0 Å². The van der Waals surface area contributed by atoms with E-state index < -0.39 is 0 Å². The Bertz CT molecular complexity index is 754. The monoisotopic (exact) mass is 326 g/mol. The van der Waals surface area contributed by atoms with E-state index in [1.807, 2.05) is 45.0 Å². The van der Waals surface area contributed by atoms with Gasteiger partial charge >= 0.3 is 0 Å². The standard InChI is InChI=1S/C19H22N2O3/c1-5-24-17-9-7-15(11-18(17)23-4)12-20-21-19(22)16-8-6-13(2)14(3)10-16/h6-12H,5H2,1-4H3,(H,21,22)/b20-12-. The van der Waals surface area contributed by atoms with Crippen molar-refractivity contribution in [2.24, 2.45) is 5.10 Å². The second-order valence-electron chi connectivity index (χ2n) is 5.34.